The van der Waals surface area contributed by atoms with Gasteiger partial charge in [-0.15, -0.1) is 0 Å². The first-order chi connectivity index (χ1) is 18.1. The molecule has 38 heavy (non-hydrogen) atoms. The number of aryl methyl sites for hydroxylation is 2. The number of likely N-dealkylation sites (N-methyl/N-ethyl adjacent to an activating group) is 1. The number of oxazole rings is 1. The Morgan fingerprint density at radius 1 is 1.11 bits per heavy atom. The second kappa shape index (κ2) is 12.1. The molecule has 2 heterocycles. The molecular formula is C27H34N4O6S. The summed E-state index contributed by atoms with van der Waals surface area (Å²) < 4.78 is 40.6. The van der Waals surface area contributed by atoms with E-state index in [1.54, 1.807) is 24.3 Å². The normalized spacial score (nSPS) is 15.2. The van der Waals surface area contributed by atoms with Gasteiger partial charge in [-0.3, -0.25) is 4.79 Å². The zero-order valence-corrected chi connectivity index (χ0v) is 22.8. The minimum absolute atomic E-state index is 0.0690. The minimum Gasteiger partial charge on any atom is -0.493 e. The molecule has 0 spiro atoms. The molecular weight excluding hydrogens is 508 g/mol. The molecule has 1 aliphatic rings. The van der Waals surface area contributed by atoms with Crippen molar-refractivity contribution in [1.29, 1.82) is 0 Å². The van der Waals surface area contributed by atoms with Crippen molar-refractivity contribution >= 4 is 16.2 Å². The van der Waals surface area contributed by atoms with Gasteiger partial charge in [-0.2, -0.15) is 17.0 Å². The number of aromatic nitrogens is 1. The Balaban J connectivity index is 1.39. The summed E-state index contributed by atoms with van der Waals surface area (Å²) >= 11 is 0. The van der Waals surface area contributed by atoms with Crippen molar-refractivity contribution in [3.8, 4) is 17.2 Å². The lowest BCUT2D eigenvalue weighted by Gasteiger charge is -2.34. The van der Waals surface area contributed by atoms with Gasteiger partial charge in [0.1, 0.15) is 18.1 Å². The average molecular weight is 543 g/mol. The molecule has 0 aliphatic carbocycles. The first-order valence-corrected chi connectivity index (χ1v) is 13.9. The fourth-order valence-electron chi connectivity index (χ4n) is 4.23. The van der Waals surface area contributed by atoms with Crippen molar-refractivity contribution in [2.75, 3.05) is 46.4 Å². The highest BCUT2D eigenvalue weighted by Crippen LogP contribution is 2.23. The summed E-state index contributed by atoms with van der Waals surface area (Å²) in [5, 5.41) is 9.38. The Morgan fingerprint density at radius 3 is 2.50 bits per heavy atom. The van der Waals surface area contributed by atoms with Gasteiger partial charge in [-0.25, -0.2) is 4.98 Å². The number of ether oxygens (including phenoxy) is 1. The molecule has 0 bridgehead atoms. The van der Waals surface area contributed by atoms with Crippen LogP contribution in [0.15, 0.2) is 52.9 Å². The third kappa shape index (κ3) is 6.98. The van der Waals surface area contributed by atoms with Crippen LogP contribution >= 0.6 is 0 Å². The number of carbonyl (C=O) groups is 1. The predicted molar refractivity (Wildman–Crippen MR) is 143 cm³/mol. The Morgan fingerprint density at radius 2 is 1.82 bits per heavy atom. The van der Waals surface area contributed by atoms with Gasteiger partial charge in [0.25, 0.3) is 10.2 Å². The molecule has 0 saturated carbocycles. The van der Waals surface area contributed by atoms with Crippen LogP contribution in [0.4, 0.5) is 0 Å². The molecule has 10 nitrogen and oxygen atoms in total. The fourth-order valence-corrected chi connectivity index (χ4v) is 5.77. The number of piperazine rings is 1. The van der Waals surface area contributed by atoms with Gasteiger partial charge < -0.3 is 19.2 Å². The highest BCUT2D eigenvalue weighted by Gasteiger charge is 2.33. The molecule has 4 rings (SSSR count). The van der Waals surface area contributed by atoms with E-state index in [4.69, 9.17) is 9.15 Å². The van der Waals surface area contributed by atoms with Gasteiger partial charge in [-0.1, -0.05) is 29.8 Å². The summed E-state index contributed by atoms with van der Waals surface area (Å²) in [6, 6.07) is 15.0. The number of rotatable bonds is 11. The standard InChI is InChI=1S/C27H34N4O6S/c1-20-7-9-23(10-8-20)27-28-25(21(2)37-27)11-16-36-24-6-4-5-22(17-24)18-31(19-26(32)33)38(34,35)30-14-12-29(3)13-15-30/h4-10,17H,11-16,18-19H2,1-3H3,(H,32,33). The second-order valence-corrected chi connectivity index (χ2v) is 11.4. The quantitative estimate of drug-likeness (QED) is 0.393. The van der Waals surface area contributed by atoms with Crippen molar-refractivity contribution in [2.24, 2.45) is 0 Å². The van der Waals surface area contributed by atoms with Crippen molar-refractivity contribution in [3.63, 3.8) is 0 Å². The zero-order chi connectivity index (χ0) is 27.3. The average Bonchev–Trinajstić information content (AvgIpc) is 3.24. The maximum Gasteiger partial charge on any atom is 0.318 e. The van der Waals surface area contributed by atoms with E-state index in [0.29, 0.717) is 56.4 Å². The smallest absolute Gasteiger partial charge is 0.318 e. The summed E-state index contributed by atoms with van der Waals surface area (Å²) in [4.78, 5) is 18.1. The third-order valence-electron chi connectivity index (χ3n) is 6.48. The molecule has 0 amide bonds. The van der Waals surface area contributed by atoms with Crippen molar-refractivity contribution < 1.29 is 27.5 Å². The van der Waals surface area contributed by atoms with Crippen LogP contribution < -0.4 is 4.74 Å². The van der Waals surface area contributed by atoms with Crippen molar-refractivity contribution in [1.82, 2.24) is 18.5 Å². The minimum atomic E-state index is -3.93. The fraction of sp³-hybridized carbons (Fsp3) is 0.407. The van der Waals surface area contributed by atoms with Crippen molar-refractivity contribution in [3.05, 3.63) is 71.1 Å². The molecule has 11 heteroatoms. The topological polar surface area (TPSA) is 116 Å². The van der Waals surface area contributed by atoms with Gasteiger partial charge in [0.05, 0.1) is 12.3 Å². The highest BCUT2D eigenvalue weighted by molar-refractivity contribution is 7.86. The van der Waals surface area contributed by atoms with Crippen LogP contribution in [0.1, 0.15) is 22.6 Å². The lowest BCUT2D eigenvalue weighted by Crippen LogP contribution is -2.52. The van der Waals surface area contributed by atoms with Crippen LogP contribution in [0.5, 0.6) is 5.75 Å². The summed E-state index contributed by atoms with van der Waals surface area (Å²) in [5.41, 5.74) is 3.52. The largest absolute Gasteiger partial charge is 0.493 e. The Bertz CT molecular complexity index is 1350. The van der Waals surface area contributed by atoms with Crippen LogP contribution in [0, 0.1) is 13.8 Å². The van der Waals surface area contributed by atoms with Gasteiger partial charge in [0, 0.05) is 44.7 Å². The molecule has 0 radical (unpaired) electrons. The van der Waals surface area contributed by atoms with Gasteiger partial charge in [0.15, 0.2) is 0 Å². The number of carboxylic acid groups (broad SMARTS) is 1. The molecule has 1 aromatic heterocycles. The molecule has 0 atom stereocenters. The van der Waals surface area contributed by atoms with Gasteiger partial charge in [-0.05, 0) is 50.7 Å². The van der Waals surface area contributed by atoms with Gasteiger partial charge >= 0.3 is 5.97 Å². The Kier molecular flexibility index (Phi) is 8.83. The van der Waals surface area contributed by atoms with E-state index < -0.39 is 22.7 Å². The third-order valence-corrected chi connectivity index (χ3v) is 8.41. The predicted octanol–water partition coefficient (Wildman–Crippen LogP) is 2.96. The monoisotopic (exact) mass is 542 g/mol. The summed E-state index contributed by atoms with van der Waals surface area (Å²) in [6.07, 6.45) is 0.536. The second-order valence-electron chi connectivity index (χ2n) is 9.51. The number of hydrogen-bond donors (Lipinski definition) is 1. The van der Waals surface area contributed by atoms with Gasteiger partial charge in [0.2, 0.25) is 5.89 Å². The van der Waals surface area contributed by atoms with E-state index in [0.717, 1.165) is 26.9 Å². The SMILES string of the molecule is Cc1ccc(-c2nc(CCOc3cccc(CN(CC(=O)O)S(=O)(=O)N4CCN(C)CC4)c3)c(C)o2)cc1. The molecule has 204 valence electrons. The molecule has 1 aliphatic heterocycles. The van der Waals surface area contributed by atoms with E-state index in [2.05, 4.69) is 4.98 Å². The lowest BCUT2D eigenvalue weighted by molar-refractivity contribution is -0.137. The van der Waals surface area contributed by atoms with E-state index in [1.165, 1.54) is 4.31 Å². The maximum atomic E-state index is 13.2. The summed E-state index contributed by atoms with van der Waals surface area (Å²) in [6.45, 7) is 5.41. The number of benzene rings is 2. The van der Waals surface area contributed by atoms with Crippen LogP contribution in [0.25, 0.3) is 11.5 Å². The zero-order valence-electron chi connectivity index (χ0n) is 22.0. The molecule has 3 aromatic rings. The first-order valence-electron chi connectivity index (χ1n) is 12.5. The van der Waals surface area contributed by atoms with E-state index >= 15 is 0 Å². The molecule has 1 saturated heterocycles. The van der Waals surface area contributed by atoms with Crippen LogP contribution in [-0.2, 0) is 28.0 Å². The molecule has 1 N–H and O–H groups in total. The molecule has 2 aromatic carbocycles. The van der Waals surface area contributed by atoms with Crippen LogP contribution in [-0.4, -0.2) is 84.4 Å². The number of hydrogen-bond acceptors (Lipinski definition) is 7. The summed E-state index contributed by atoms with van der Waals surface area (Å²) in [5.74, 6) is 0.661. The molecule has 1 fully saturated rings. The van der Waals surface area contributed by atoms with E-state index in [-0.39, 0.29) is 6.54 Å². The lowest BCUT2D eigenvalue weighted by atomic mass is 10.1. The summed E-state index contributed by atoms with van der Waals surface area (Å²) in [7, 11) is -2.01. The Hall–Kier alpha value is -3.25. The highest BCUT2D eigenvalue weighted by atomic mass is 32.2. The number of carboxylic acids is 1. The van der Waals surface area contributed by atoms with E-state index in [1.807, 2.05) is 50.1 Å². The maximum absolute atomic E-state index is 13.2. The Labute approximate surface area is 223 Å². The van der Waals surface area contributed by atoms with Crippen molar-refractivity contribution in [2.45, 2.75) is 26.8 Å². The van der Waals surface area contributed by atoms with E-state index in [9.17, 15) is 18.3 Å². The first kappa shape index (κ1) is 27.8. The van der Waals surface area contributed by atoms with Crippen LogP contribution in [0.3, 0.4) is 0 Å². The van der Waals surface area contributed by atoms with Crippen LogP contribution in [0.2, 0.25) is 0 Å². The number of aliphatic carboxylic acids is 1. The number of nitrogens with zero attached hydrogens (tertiary/aromatic N) is 4. The molecule has 0 unspecified atom stereocenters.